The number of hydrogen-bond donors (Lipinski definition) is 1. The van der Waals surface area contributed by atoms with Crippen molar-refractivity contribution in [3.8, 4) is 0 Å². The van der Waals surface area contributed by atoms with E-state index in [9.17, 15) is 4.79 Å². The minimum Gasteiger partial charge on any atom is -0.444 e. The molecule has 1 N–H and O–H groups in total. The van der Waals surface area contributed by atoms with Crippen molar-refractivity contribution < 1.29 is 9.53 Å². The summed E-state index contributed by atoms with van der Waals surface area (Å²) in [5, 5.41) is 13.6. The predicted octanol–water partition coefficient (Wildman–Crippen LogP) is 2.91. The van der Waals surface area contributed by atoms with Crippen LogP contribution in [0.2, 0.25) is 0 Å². The Labute approximate surface area is 129 Å². The van der Waals surface area contributed by atoms with Gasteiger partial charge in [-0.1, -0.05) is 18.3 Å². The van der Waals surface area contributed by atoms with Crippen LogP contribution in [0, 0.1) is 0 Å². The molecule has 6 nitrogen and oxygen atoms in total. The van der Waals surface area contributed by atoms with Crippen molar-refractivity contribution in [2.45, 2.75) is 58.6 Å². The van der Waals surface area contributed by atoms with Crippen LogP contribution in [0.25, 0.3) is 0 Å². The van der Waals surface area contributed by atoms with Crippen molar-refractivity contribution >= 4 is 22.6 Å². The molecule has 7 heteroatoms. The highest BCUT2D eigenvalue weighted by molar-refractivity contribution is 7.15. The summed E-state index contributed by atoms with van der Waals surface area (Å²) in [6.07, 6.45) is 2.50. The van der Waals surface area contributed by atoms with Crippen LogP contribution >= 0.6 is 11.3 Å². The van der Waals surface area contributed by atoms with Crippen LogP contribution in [0.4, 0.5) is 9.93 Å². The van der Waals surface area contributed by atoms with Crippen LogP contribution in [-0.2, 0) is 11.2 Å². The number of piperidine rings is 1. The van der Waals surface area contributed by atoms with Crippen molar-refractivity contribution in [2.24, 2.45) is 0 Å². The average Bonchev–Trinajstić information content (AvgIpc) is 2.85. The first-order valence-corrected chi connectivity index (χ1v) is 8.26. The van der Waals surface area contributed by atoms with Crippen LogP contribution in [-0.4, -0.2) is 45.9 Å². The van der Waals surface area contributed by atoms with E-state index in [4.69, 9.17) is 4.74 Å². The van der Waals surface area contributed by atoms with Crippen LogP contribution < -0.4 is 5.32 Å². The molecule has 1 aliphatic heterocycles. The van der Waals surface area contributed by atoms with E-state index < -0.39 is 5.60 Å². The number of hydrogen-bond acceptors (Lipinski definition) is 6. The Morgan fingerprint density at radius 3 is 2.57 bits per heavy atom. The maximum Gasteiger partial charge on any atom is 0.410 e. The summed E-state index contributed by atoms with van der Waals surface area (Å²) in [4.78, 5) is 13.8. The summed E-state index contributed by atoms with van der Waals surface area (Å²) in [6.45, 7) is 9.17. The number of likely N-dealkylation sites (tertiary alicyclic amines) is 1. The SMILES string of the molecule is CCc1nnc(NC2CCN(C(=O)OC(C)(C)C)CC2)s1. The van der Waals surface area contributed by atoms with Crippen molar-refractivity contribution in [1.29, 1.82) is 0 Å². The number of ether oxygens (including phenoxy) is 1. The molecule has 0 radical (unpaired) electrons. The number of nitrogens with one attached hydrogen (secondary N) is 1. The molecule has 1 aliphatic rings. The van der Waals surface area contributed by atoms with E-state index in [0.29, 0.717) is 19.1 Å². The molecule has 1 aromatic heterocycles. The Balaban J connectivity index is 1.79. The third-order valence-corrected chi connectivity index (χ3v) is 4.24. The molecular weight excluding hydrogens is 288 g/mol. The molecule has 0 aliphatic carbocycles. The number of aryl methyl sites for hydroxylation is 1. The third kappa shape index (κ3) is 4.84. The number of rotatable bonds is 3. The van der Waals surface area contributed by atoms with Crippen molar-refractivity contribution in [2.75, 3.05) is 18.4 Å². The van der Waals surface area contributed by atoms with Crippen LogP contribution in [0.5, 0.6) is 0 Å². The number of carbonyl (C=O) groups excluding carboxylic acids is 1. The van der Waals surface area contributed by atoms with Gasteiger partial charge in [0.25, 0.3) is 0 Å². The zero-order valence-electron chi connectivity index (χ0n) is 13.2. The summed E-state index contributed by atoms with van der Waals surface area (Å²) in [5.41, 5.74) is -0.435. The van der Waals surface area contributed by atoms with Gasteiger partial charge < -0.3 is 15.0 Å². The van der Waals surface area contributed by atoms with E-state index in [1.807, 2.05) is 20.8 Å². The fourth-order valence-corrected chi connectivity index (χ4v) is 2.92. The predicted molar refractivity (Wildman–Crippen MR) is 83.7 cm³/mol. The molecule has 0 aromatic carbocycles. The Morgan fingerprint density at radius 1 is 1.38 bits per heavy atom. The first-order chi connectivity index (χ1) is 9.87. The Kier molecular flexibility index (Phi) is 5.03. The topological polar surface area (TPSA) is 67.4 Å². The summed E-state index contributed by atoms with van der Waals surface area (Å²) in [5.74, 6) is 0. The smallest absolute Gasteiger partial charge is 0.410 e. The molecule has 2 heterocycles. The largest absolute Gasteiger partial charge is 0.444 e. The molecule has 0 bridgehead atoms. The summed E-state index contributed by atoms with van der Waals surface area (Å²) < 4.78 is 5.39. The molecular formula is C14H24N4O2S. The van der Waals surface area contributed by atoms with Gasteiger partial charge in [-0.15, -0.1) is 10.2 Å². The average molecular weight is 312 g/mol. The Bertz CT molecular complexity index is 476. The Hall–Kier alpha value is -1.37. The minimum atomic E-state index is -0.435. The first-order valence-electron chi connectivity index (χ1n) is 7.44. The van der Waals surface area contributed by atoms with E-state index in [2.05, 4.69) is 22.4 Å². The molecule has 1 aromatic rings. The molecule has 0 unspecified atom stereocenters. The zero-order chi connectivity index (χ0) is 15.5. The maximum atomic E-state index is 12.0. The highest BCUT2D eigenvalue weighted by Gasteiger charge is 2.27. The fourth-order valence-electron chi connectivity index (χ4n) is 2.16. The highest BCUT2D eigenvalue weighted by Crippen LogP contribution is 2.21. The van der Waals surface area contributed by atoms with Crippen molar-refractivity contribution in [3.05, 3.63) is 5.01 Å². The number of carbonyl (C=O) groups is 1. The molecule has 0 spiro atoms. The number of anilines is 1. The van der Waals surface area contributed by atoms with Gasteiger partial charge in [0.2, 0.25) is 5.13 Å². The molecule has 1 fully saturated rings. The van der Waals surface area contributed by atoms with Crippen LogP contribution in [0.15, 0.2) is 0 Å². The van der Waals surface area contributed by atoms with Gasteiger partial charge in [0.15, 0.2) is 0 Å². The van der Waals surface area contributed by atoms with E-state index in [1.54, 1.807) is 16.2 Å². The van der Waals surface area contributed by atoms with Gasteiger partial charge in [0.1, 0.15) is 10.6 Å². The van der Waals surface area contributed by atoms with E-state index >= 15 is 0 Å². The maximum absolute atomic E-state index is 12.0. The van der Waals surface area contributed by atoms with Crippen molar-refractivity contribution in [1.82, 2.24) is 15.1 Å². The molecule has 118 valence electrons. The molecule has 2 rings (SSSR count). The lowest BCUT2D eigenvalue weighted by atomic mass is 10.1. The van der Waals surface area contributed by atoms with Crippen LogP contribution in [0.1, 0.15) is 45.5 Å². The van der Waals surface area contributed by atoms with Gasteiger partial charge in [-0.05, 0) is 40.0 Å². The second-order valence-corrected chi connectivity index (χ2v) is 7.30. The monoisotopic (exact) mass is 312 g/mol. The van der Waals surface area contributed by atoms with E-state index in [1.165, 1.54) is 0 Å². The second kappa shape index (κ2) is 6.60. The van der Waals surface area contributed by atoms with Crippen molar-refractivity contribution in [3.63, 3.8) is 0 Å². The van der Waals surface area contributed by atoms with Gasteiger partial charge in [0, 0.05) is 19.1 Å². The lowest BCUT2D eigenvalue weighted by Gasteiger charge is -2.33. The molecule has 21 heavy (non-hydrogen) atoms. The van der Waals surface area contributed by atoms with Gasteiger partial charge in [-0.3, -0.25) is 0 Å². The van der Waals surface area contributed by atoms with Gasteiger partial charge in [-0.2, -0.15) is 0 Å². The number of amides is 1. The number of nitrogens with zero attached hydrogens (tertiary/aromatic N) is 3. The van der Waals surface area contributed by atoms with Crippen LogP contribution in [0.3, 0.4) is 0 Å². The first kappa shape index (κ1) is 16.0. The van der Waals surface area contributed by atoms with Gasteiger partial charge in [0.05, 0.1) is 0 Å². The third-order valence-electron chi connectivity index (χ3n) is 3.24. The lowest BCUT2D eigenvalue weighted by molar-refractivity contribution is 0.0210. The van der Waals surface area contributed by atoms with E-state index in [-0.39, 0.29) is 6.09 Å². The van der Waals surface area contributed by atoms with Gasteiger partial charge >= 0.3 is 6.09 Å². The summed E-state index contributed by atoms with van der Waals surface area (Å²) in [7, 11) is 0. The number of aromatic nitrogens is 2. The molecule has 0 saturated carbocycles. The minimum absolute atomic E-state index is 0.217. The van der Waals surface area contributed by atoms with Gasteiger partial charge in [-0.25, -0.2) is 4.79 Å². The lowest BCUT2D eigenvalue weighted by Crippen LogP contribution is -2.44. The fraction of sp³-hybridized carbons (Fsp3) is 0.786. The zero-order valence-corrected chi connectivity index (χ0v) is 14.0. The highest BCUT2D eigenvalue weighted by atomic mass is 32.1. The normalized spacial score (nSPS) is 16.9. The summed E-state index contributed by atoms with van der Waals surface area (Å²) in [6, 6.07) is 0.348. The second-order valence-electron chi connectivity index (χ2n) is 6.24. The summed E-state index contributed by atoms with van der Waals surface area (Å²) >= 11 is 1.60. The standard InChI is InChI=1S/C14H24N4O2S/c1-5-11-16-17-12(21-11)15-10-6-8-18(9-7-10)13(19)20-14(2,3)4/h10H,5-9H2,1-4H3,(H,15,17). The Morgan fingerprint density at radius 2 is 2.05 bits per heavy atom. The van der Waals surface area contributed by atoms with E-state index in [0.717, 1.165) is 29.4 Å². The molecule has 1 amide bonds. The quantitative estimate of drug-likeness (QED) is 0.929. The molecule has 0 atom stereocenters. The molecule has 1 saturated heterocycles.